The van der Waals surface area contributed by atoms with Crippen LogP contribution in [0.4, 0.5) is 0 Å². The van der Waals surface area contributed by atoms with E-state index in [1.54, 1.807) is 7.11 Å². The summed E-state index contributed by atoms with van der Waals surface area (Å²) < 4.78 is 5.66. The van der Waals surface area contributed by atoms with E-state index in [0.717, 1.165) is 22.1 Å². The lowest BCUT2D eigenvalue weighted by molar-refractivity contribution is 0.404. The Morgan fingerprint density at radius 1 is 1.39 bits per heavy atom. The minimum absolute atomic E-state index is 0.239. The molecule has 0 saturated heterocycles. The van der Waals surface area contributed by atoms with E-state index in [4.69, 9.17) is 16.3 Å². The van der Waals surface area contributed by atoms with E-state index in [1.165, 1.54) is 0 Å². The topological polar surface area (TPSA) is 21.3 Å². The molecule has 1 N–H and O–H groups in total. The number of hydrogen-bond acceptors (Lipinski definition) is 3. The molecule has 0 amide bonds. The molecule has 0 aliphatic rings. The summed E-state index contributed by atoms with van der Waals surface area (Å²) in [5.74, 6) is 1.87. The Morgan fingerprint density at radius 2 is 2.06 bits per heavy atom. The Bertz CT molecular complexity index is 390. The highest BCUT2D eigenvalue weighted by Gasteiger charge is 2.19. The van der Waals surface area contributed by atoms with Crippen LogP contribution in [0.2, 0.25) is 5.02 Å². The summed E-state index contributed by atoms with van der Waals surface area (Å²) in [6.07, 6.45) is 0. The normalized spacial score (nSPS) is 13.4. The van der Waals surface area contributed by atoms with Gasteiger partial charge in [-0.1, -0.05) is 32.4 Å². The summed E-state index contributed by atoms with van der Waals surface area (Å²) >= 11 is 8.00. The molecule has 18 heavy (non-hydrogen) atoms. The van der Waals surface area contributed by atoms with Crippen LogP contribution in [0.15, 0.2) is 18.2 Å². The Hall–Kier alpha value is -0.380. The Morgan fingerprint density at radius 3 is 2.56 bits per heavy atom. The van der Waals surface area contributed by atoms with Crippen molar-refractivity contribution in [3.05, 3.63) is 28.8 Å². The van der Waals surface area contributed by atoms with Crippen LogP contribution >= 0.6 is 23.4 Å². The maximum absolute atomic E-state index is 6.07. The van der Waals surface area contributed by atoms with Gasteiger partial charge >= 0.3 is 0 Å². The number of thioether (sulfide) groups is 1. The quantitative estimate of drug-likeness (QED) is 0.879. The molecule has 102 valence electrons. The van der Waals surface area contributed by atoms with Gasteiger partial charge in [0, 0.05) is 27.1 Å². The van der Waals surface area contributed by atoms with Crippen LogP contribution in [0.5, 0.6) is 5.75 Å². The van der Waals surface area contributed by atoms with Crippen LogP contribution in [0.3, 0.4) is 0 Å². The highest BCUT2D eigenvalue weighted by Crippen LogP contribution is 2.33. The fraction of sp³-hybridized carbons (Fsp3) is 0.571. The summed E-state index contributed by atoms with van der Waals surface area (Å²) in [4.78, 5) is 0. The van der Waals surface area contributed by atoms with E-state index in [9.17, 15) is 0 Å². The molecule has 0 radical (unpaired) electrons. The number of halogens is 1. The molecule has 0 spiro atoms. The first kappa shape index (κ1) is 15.7. The van der Waals surface area contributed by atoms with E-state index in [1.807, 2.05) is 37.0 Å². The molecule has 4 heteroatoms. The number of hydrogen-bond donors (Lipinski definition) is 1. The zero-order valence-electron chi connectivity index (χ0n) is 11.7. The van der Waals surface area contributed by atoms with Gasteiger partial charge in [-0.3, -0.25) is 0 Å². The van der Waals surface area contributed by atoms with Crippen LogP contribution < -0.4 is 10.1 Å². The third-order valence-electron chi connectivity index (χ3n) is 2.60. The molecule has 1 atom stereocenters. The summed E-state index contributed by atoms with van der Waals surface area (Å²) in [5, 5.41) is 4.08. The largest absolute Gasteiger partial charge is 0.496 e. The zero-order valence-corrected chi connectivity index (χ0v) is 13.3. The van der Waals surface area contributed by atoms with Crippen molar-refractivity contribution in [3.8, 4) is 5.75 Å². The molecule has 2 nitrogen and oxygen atoms in total. The molecule has 0 aliphatic heterocycles. The molecule has 0 bridgehead atoms. The van der Waals surface area contributed by atoms with Gasteiger partial charge in [0.15, 0.2) is 0 Å². The number of rotatable bonds is 5. The fourth-order valence-electron chi connectivity index (χ4n) is 1.64. The fourth-order valence-corrected chi connectivity index (χ4v) is 2.83. The van der Waals surface area contributed by atoms with E-state index >= 15 is 0 Å². The van der Waals surface area contributed by atoms with Crippen LogP contribution in [0.25, 0.3) is 0 Å². The number of benzene rings is 1. The highest BCUT2D eigenvalue weighted by molar-refractivity contribution is 8.00. The lowest BCUT2D eigenvalue weighted by Crippen LogP contribution is -2.22. The third kappa shape index (κ3) is 4.71. The van der Waals surface area contributed by atoms with Gasteiger partial charge in [-0.2, -0.15) is 11.8 Å². The maximum atomic E-state index is 6.07. The number of ether oxygens (including phenoxy) is 1. The van der Waals surface area contributed by atoms with Gasteiger partial charge in [-0.05, 0) is 25.2 Å². The van der Waals surface area contributed by atoms with Crippen molar-refractivity contribution < 1.29 is 4.74 Å². The van der Waals surface area contributed by atoms with E-state index in [0.29, 0.717) is 0 Å². The first-order valence-electron chi connectivity index (χ1n) is 6.02. The monoisotopic (exact) mass is 287 g/mol. The average Bonchev–Trinajstić information content (AvgIpc) is 2.28. The lowest BCUT2D eigenvalue weighted by Gasteiger charge is -2.24. The van der Waals surface area contributed by atoms with Gasteiger partial charge in [-0.25, -0.2) is 0 Å². The predicted molar refractivity (Wildman–Crippen MR) is 82.0 cm³/mol. The summed E-state index contributed by atoms with van der Waals surface area (Å²) in [5.41, 5.74) is 1.12. The van der Waals surface area contributed by atoms with Crippen molar-refractivity contribution >= 4 is 23.4 Å². The van der Waals surface area contributed by atoms with Gasteiger partial charge in [0.1, 0.15) is 5.75 Å². The van der Waals surface area contributed by atoms with Crippen LogP contribution in [-0.4, -0.2) is 24.7 Å². The van der Waals surface area contributed by atoms with Crippen molar-refractivity contribution in [2.75, 3.05) is 19.9 Å². The standard InChI is InChI=1S/C14H22ClNOS/c1-14(2,3)18-9-12(16-4)11-8-10(15)6-7-13(11)17-5/h6-8,12,16H,9H2,1-5H3. The lowest BCUT2D eigenvalue weighted by atomic mass is 10.1. The van der Waals surface area contributed by atoms with Gasteiger partial charge in [0.05, 0.1) is 7.11 Å². The van der Waals surface area contributed by atoms with Crippen molar-refractivity contribution in [1.82, 2.24) is 5.32 Å². The van der Waals surface area contributed by atoms with Crippen LogP contribution in [0.1, 0.15) is 32.4 Å². The number of methoxy groups -OCH3 is 1. The van der Waals surface area contributed by atoms with Crippen molar-refractivity contribution in [2.24, 2.45) is 0 Å². The molecule has 0 fully saturated rings. The molecule has 1 rings (SSSR count). The van der Waals surface area contributed by atoms with E-state index in [-0.39, 0.29) is 10.8 Å². The Balaban J connectivity index is 2.90. The second-order valence-electron chi connectivity index (χ2n) is 5.15. The zero-order chi connectivity index (χ0) is 13.8. The van der Waals surface area contributed by atoms with Gasteiger partial charge in [0.25, 0.3) is 0 Å². The van der Waals surface area contributed by atoms with Crippen molar-refractivity contribution in [1.29, 1.82) is 0 Å². The second-order valence-corrected chi connectivity index (χ2v) is 7.43. The summed E-state index contributed by atoms with van der Waals surface area (Å²) in [6, 6.07) is 5.99. The molecule has 0 heterocycles. The first-order chi connectivity index (χ1) is 8.37. The van der Waals surface area contributed by atoms with Gasteiger partial charge in [-0.15, -0.1) is 0 Å². The molecular formula is C14H22ClNOS. The SMILES string of the molecule is CNC(CSC(C)(C)C)c1cc(Cl)ccc1OC. The molecule has 1 unspecified atom stereocenters. The summed E-state index contributed by atoms with van der Waals surface area (Å²) in [7, 11) is 3.66. The predicted octanol–water partition coefficient (Wildman–Crippen LogP) is 4.14. The van der Waals surface area contributed by atoms with E-state index < -0.39 is 0 Å². The molecule has 0 aromatic heterocycles. The first-order valence-corrected chi connectivity index (χ1v) is 7.38. The minimum Gasteiger partial charge on any atom is -0.496 e. The average molecular weight is 288 g/mol. The number of nitrogens with one attached hydrogen (secondary N) is 1. The van der Waals surface area contributed by atoms with Gasteiger partial charge < -0.3 is 10.1 Å². The van der Waals surface area contributed by atoms with Crippen LogP contribution in [-0.2, 0) is 0 Å². The smallest absolute Gasteiger partial charge is 0.123 e. The third-order valence-corrected chi connectivity index (χ3v) is 4.20. The maximum Gasteiger partial charge on any atom is 0.123 e. The Labute approximate surface area is 119 Å². The molecule has 1 aromatic rings. The molecule has 1 aromatic carbocycles. The van der Waals surface area contributed by atoms with Crippen molar-refractivity contribution in [2.45, 2.75) is 31.6 Å². The highest BCUT2D eigenvalue weighted by atomic mass is 35.5. The van der Waals surface area contributed by atoms with Gasteiger partial charge in [0.2, 0.25) is 0 Å². The molecule has 0 aliphatic carbocycles. The minimum atomic E-state index is 0.239. The van der Waals surface area contributed by atoms with Crippen LogP contribution in [0, 0.1) is 0 Å². The molecular weight excluding hydrogens is 266 g/mol. The summed E-state index contributed by atoms with van der Waals surface area (Å²) in [6.45, 7) is 6.67. The second kappa shape index (κ2) is 6.69. The molecule has 0 saturated carbocycles. The van der Waals surface area contributed by atoms with Crippen molar-refractivity contribution in [3.63, 3.8) is 0 Å². The Kier molecular flexibility index (Phi) is 5.83. The van der Waals surface area contributed by atoms with E-state index in [2.05, 4.69) is 26.1 Å².